The fourth-order valence-corrected chi connectivity index (χ4v) is 4.60. The van der Waals surface area contributed by atoms with Crippen LogP contribution in [0.2, 0.25) is 10.0 Å². The minimum absolute atomic E-state index is 0.0411. The van der Waals surface area contributed by atoms with Gasteiger partial charge in [0.05, 0.1) is 21.1 Å². The molecule has 0 saturated carbocycles. The van der Waals surface area contributed by atoms with Crippen LogP contribution in [-0.4, -0.2) is 19.7 Å². The lowest BCUT2D eigenvalue weighted by Crippen LogP contribution is -2.28. The van der Waals surface area contributed by atoms with E-state index in [1.807, 2.05) is 6.07 Å². The van der Waals surface area contributed by atoms with Crippen molar-refractivity contribution in [3.05, 3.63) is 79.8 Å². The summed E-state index contributed by atoms with van der Waals surface area (Å²) in [4.78, 5) is 22.0. The molecule has 9 heteroatoms. The third kappa shape index (κ3) is 3.43. The first-order valence-corrected chi connectivity index (χ1v) is 10.9. The Morgan fingerprint density at radius 3 is 2.66 bits per heavy atom. The van der Waals surface area contributed by atoms with Crippen molar-refractivity contribution in [3.8, 4) is 5.69 Å². The predicted octanol–water partition coefficient (Wildman–Crippen LogP) is 4.87. The fraction of sp³-hybridized carbons (Fsp3) is 0.217. The van der Waals surface area contributed by atoms with E-state index in [0.717, 1.165) is 12.2 Å². The summed E-state index contributed by atoms with van der Waals surface area (Å²) in [5.41, 5.74) is 4.32. The van der Waals surface area contributed by atoms with Crippen LogP contribution in [0.25, 0.3) is 16.6 Å². The van der Waals surface area contributed by atoms with Crippen LogP contribution in [0.5, 0.6) is 0 Å². The number of rotatable bonds is 3. The number of fused-ring (bicyclic) bond motifs is 2. The number of benzene rings is 2. The molecule has 1 aliphatic rings. The Labute approximate surface area is 194 Å². The summed E-state index contributed by atoms with van der Waals surface area (Å²) in [7, 11) is 0. The molecule has 2 aromatic heterocycles. The van der Waals surface area contributed by atoms with Crippen LogP contribution in [0.3, 0.4) is 0 Å². The van der Waals surface area contributed by atoms with Crippen LogP contribution in [0, 0.1) is 6.92 Å². The summed E-state index contributed by atoms with van der Waals surface area (Å²) in [6.45, 7) is 6.92. The van der Waals surface area contributed by atoms with Gasteiger partial charge in [-0.1, -0.05) is 35.3 Å². The van der Waals surface area contributed by atoms with Gasteiger partial charge in [-0.3, -0.25) is 4.79 Å². The van der Waals surface area contributed by atoms with Gasteiger partial charge in [0.15, 0.2) is 0 Å². The standard InChI is InChI=1S/C23H20Cl2N6O/c1-12-19-15(21(32)31(30-12)20-17(24)5-4-6-18(20)25)11-26-22(29-19)28-14-7-8-16-13(9-14)10-27-23(16,2)3/h4-9,11,27H,10H2,1-3H3,(H,26,28,29). The third-order valence-corrected chi connectivity index (χ3v) is 6.32. The number of hydrogen-bond acceptors (Lipinski definition) is 6. The molecule has 5 rings (SSSR count). The maximum absolute atomic E-state index is 13.1. The molecule has 7 nitrogen and oxygen atoms in total. The Bertz CT molecular complexity index is 1430. The minimum Gasteiger partial charge on any atom is -0.324 e. The molecule has 3 heterocycles. The van der Waals surface area contributed by atoms with Crippen molar-refractivity contribution in [2.75, 3.05) is 5.32 Å². The number of hydrogen-bond donors (Lipinski definition) is 2. The average Bonchev–Trinajstić information content (AvgIpc) is 3.05. The number of aromatic nitrogens is 4. The molecule has 162 valence electrons. The van der Waals surface area contributed by atoms with Crippen molar-refractivity contribution < 1.29 is 0 Å². The second-order valence-corrected chi connectivity index (χ2v) is 9.12. The van der Waals surface area contributed by atoms with E-state index in [1.165, 1.54) is 22.0 Å². The number of nitrogens with zero attached hydrogens (tertiary/aromatic N) is 4. The Balaban J connectivity index is 1.55. The summed E-state index contributed by atoms with van der Waals surface area (Å²) >= 11 is 12.6. The molecule has 0 radical (unpaired) electrons. The highest BCUT2D eigenvalue weighted by Gasteiger charge is 2.28. The van der Waals surface area contributed by atoms with Gasteiger partial charge >= 0.3 is 0 Å². The highest BCUT2D eigenvalue weighted by atomic mass is 35.5. The van der Waals surface area contributed by atoms with Gasteiger partial charge in [0.25, 0.3) is 5.56 Å². The topological polar surface area (TPSA) is 84.7 Å². The van der Waals surface area contributed by atoms with E-state index in [-0.39, 0.29) is 5.54 Å². The fourth-order valence-electron chi connectivity index (χ4n) is 4.04. The van der Waals surface area contributed by atoms with Crippen molar-refractivity contribution in [2.24, 2.45) is 0 Å². The van der Waals surface area contributed by atoms with E-state index in [9.17, 15) is 4.79 Å². The van der Waals surface area contributed by atoms with Crippen LogP contribution in [-0.2, 0) is 12.1 Å². The second kappa shape index (κ2) is 7.55. The van der Waals surface area contributed by atoms with Crippen molar-refractivity contribution in [2.45, 2.75) is 32.9 Å². The normalized spacial score (nSPS) is 14.5. The highest BCUT2D eigenvalue weighted by Crippen LogP contribution is 2.33. The Morgan fingerprint density at radius 1 is 1.16 bits per heavy atom. The molecular formula is C23H20Cl2N6O. The molecule has 0 amide bonds. The van der Waals surface area contributed by atoms with Crippen molar-refractivity contribution >= 4 is 45.7 Å². The van der Waals surface area contributed by atoms with Crippen LogP contribution in [0.4, 0.5) is 11.6 Å². The second-order valence-electron chi connectivity index (χ2n) is 8.30. The first-order valence-electron chi connectivity index (χ1n) is 10.1. The monoisotopic (exact) mass is 466 g/mol. The molecule has 1 aliphatic heterocycles. The van der Waals surface area contributed by atoms with E-state index in [2.05, 4.69) is 51.7 Å². The molecule has 0 atom stereocenters. The van der Waals surface area contributed by atoms with Gasteiger partial charge in [0, 0.05) is 24.0 Å². The number of halogens is 2. The zero-order chi connectivity index (χ0) is 22.6. The first-order chi connectivity index (χ1) is 15.2. The molecule has 2 N–H and O–H groups in total. The maximum Gasteiger partial charge on any atom is 0.282 e. The quantitative estimate of drug-likeness (QED) is 0.447. The van der Waals surface area contributed by atoms with Gasteiger partial charge in [0.1, 0.15) is 11.2 Å². The summed E-state index contributed by atoms with van der Waals surface area (Å²) < 4.78 is 1.20. The predicted molar refractivity (Wildman–Crippen MR) is 127 cm³/mol. The number of para-hydroxylation sites is 1. The number of aryl methyl sites for hydroxylation is 1. The zero-order valence-corrected chi connectivity index (χ0v) is 19.2. The van der Waals surface area contributed by atoms with Gasteiger partial charge in [-0.25, -0.2) is 9.97 Å². The Morgan fingerprint density at radius 2 is 1.91 bits per heavy atom. The van der Waals surface area contributed by atoms with Crippen LogP contribution < -0.4 is 16.2 Å². The maximum atomic E-state index is 13.1. The van der Waals surface area contributed by atoms with Crippen molar-refractivity contribution in [3.63, 3.8) is 0 Å². The lowest BCUT2D eigenvalue weighted by atomic mass is 9.94. The molecule has 0 aliphatic carbocycles. The SMILES string of the molecule is Cc1nn(-c2c(Cl)cccc2Cl)c(=O)c2cnc(Nc3ccc4c(c3)CNC4(C)C)nc12. The first kappa shape index (κ1) is 20.9. The van der Waals surface area contributed by atoms with Crippen molar-refractivity contribution in [1.29, 1.82) is 0 Å². The van der Waals surface area contributed by atoms with Gasteiger partial charge in [-0.15, -0.1) is 0 Å². The largest absolute Gasteiger partial charge is 0.324 e. The van der Waals surface area contributed by atoms with Crippen molar-refractivity contribution in [1.82, 2.24) is 25.1 Å². The smallest absolute Gasteiger partial charge is 0.282 e. The summed E-state index contributed by atoms with van der Waals surface area (Å²) in [5, 5.41) is 12.1. The van der Waals surface area contributed by atoms with E-state index < -0.39 is 5.56 Å². The molecule has 0 saturated heterocycles. The average molecular weight is 467 g/mol. The molecule has 2 aromatic carbocycles. The van der Waals surface area contributed by atoms with Gasteiger partial charge in [0.2, 0.25) is 5.95 Å². The molecule has 0 unspecified atom stereocenters. The highest BCUT2D eigenvalue weighted by molar-refractivity contribution is 6.37. The lowest BCUT2D eigenvalue weighted by Gasteiger charge is -2.19. The molecule has 4 aromatic rings. The third-order valence-electron chi connectivity index (χ3n) is 5.71. The van der Waals surface area contributed by atoms with E-state index in [1.54, 1.807) is 25.1 Å². The Kier molecular flexibility index (Phi) is 4.93. The zero-order valence-electron chi connectivity index (χ0n) is 17.7. The molecule has 32 heavy (non-hydrogen) atoms. The van der Waals surface area contributed by atoms with Gasteiger partial charge in [-0.2, -0.15) is 9.78 Å². The Hall–Kier alpha value is -3.00. The minimum atomic E-state index is -0.391. The number of nitrogens with one attached hydrogen (secondary N) is 2. The van der Waals surface area contributed by atoms with Gasteiger partial charge in [-0.05, 0) is 56.2 Å². The molecule has 0 bridgehead atoms. The van der Waals surface area contributed by atoms with Crippen LogP contribution in [0.15, 0.2) is 47.4 Å². The molecule has 0 spiro atoms. The summed E-state index contributed by atoms with van der Waals surface area (Å²) in [6, 6.07) is 11.2. The van der Waals surface area contributed by atoms with E-state index >= 15 is 0 Å². The summed E-state index contributed by atoms with van der Waals surface area (Å²) in [6.07, 6.45) is 1.50. The van der Waals surface area contributed by atoms with E-state index in [0.29, 0.717) is 38.3 Å². The van der Waals surface area contributed by atoms with Crippen LogP contribution >= 0.6 is 23.2 Å². The molecule has 0 fully saturated rings. The lowest BCUT2D eigenvalue weighted by molar-refractivity contribution is 0.442. The molecular weight excluding hydrogens is 447 g/mol. The van der Waals surface area contributed by atoms with E-state index in [4.69, 9.17) is 23.2 Å². The van der Waals surface area contributed by atoms with Gasteiger partial charge < -0.3 is 10.6 Å². The summed E-state index contributed by atoms with van der Waals surface area (Å²) in [5.74, 6) is 0.389. The van der Waals surface area contributed by atoms with Crippen LogP contribution in [0.1, 0.15) is 30.7 Å². The number of anilines is 2.